The maximum absolute atomic E-state index is 12.7. The molecule has 4 aromatic carbocycles. The predicted molar refractivity (Wildman–Crippen MR) is 156 cm³/mol. The van der Waals surface area contributed by atoms with Crippen LogP contribution >= 0.6 is 0 Å². The number of aromatic nitrogens is 4. The molecular formula is C32H24N6O2. The molecule has 0 radical (unpaired) electrons. The second-order valence-electron chi connectivity index (χ2n) is 9.13. The summed E-state index contributed by atoms with van der Waals surface area (Å²) in [5, 5.41) is 19.9. The van der Waals surface area contributed by atoms with Crippen LogP contribution in [0.1, 0.15) is 20.7 Å². The Labute approximate surface area is 230 Å². The van der Waals surface area contributed by atoms with Crippen LogP contribution in [0, 0.1) is 0 Å². The highest BCUT2D eigenvalue weighted by molar-refractivity contribution is 6.05. The Kier molecular flexibility index (Phi) is 6.71. The molecule has 8 nitrogen and oxygen atoms in total. The van der Waals surface area contributed by atoms with Crippen molar-refractivity contribution >= 4 is 23.5 Å². The molecule has 2 amide bonds. The number of carbonyl (C=O) groups is 2. The number of H-pyrrole nitrogens is 2. The van der Waals surface area contributed by atoms with E-state index in [1.165, 1.54) is 0 Å². The summed E-state index contributed by atoms with van der Waals surface area (Å²) >= 11 is 0. The Morgan fingerprint density at radius 3 is 1.23 bits per heavy atom. The van der Waals surface area contributed by atoms with E-state index in [0.717, 1.165) is 33.6 Å². The largest absolute Gasteiger partial charge is 0.305 e. The fourth-order valence-electron chi connectivity index (χ4n) is 4.31. The van der Waals surface area contributed by atoms with Crippen molar-refractivity contribution in [1.82, 2.24) is 20.4 Å². The van der Waals surface area contributed by atoms with Crippen molar-refractivity contribution in [2.24, 2.45) is 0 Å². The molecule has 8 heteroatoms. The van der Waals surface area contributed by atoms with E-state index in [2.05, 4.69) is 31.0 Å². The van der Waals surface area contributed by atoms with Gasteiger partial charge in [0.15, 0.2) is 11.6 Å². The maximum atomic E-state index is 12.7. The molecule has 2 aromatic heterocycles. The van der Waals surface area contributed by atoms with Crippen molar-refractivity contribution in [3.05, 3.63) is 132 Å². The monoisotopic (exact) mass is 524 g/mol. The van der Waals surface area contributed by atoms with Gasteiger partial charge in [-0.05, 0) is 46.5 Å². The molecule has 4 N–H and O–H groups in total. The summed E-state index contributed by atoms with van der Waals surface area (Å²) in [6, 6.07) is 37.7. The number of nitrogens with one attached hydrogen (secondary N) is 4. The first-order valence-electron chi connectivity index (χ1n) is 12.7. The summed E-state index contributed by atoms with van der Waals surface area (Å²) in [5.41, 5.74) is 6.50. The molecule has 40 heavy (non-hydrogen) atoms. The van der Waals surface area contributed by atoms with E-state index >= 15 is 0 Å². The lowest BCUT2D eigenvalue weighted by Crippen LogP contribution is -2.12. The first-order chi connectivity index (χ1) is 19.6. The Morgan fingerprint density at radius 1 is 0.475 bits per heavy atom. The molecule has 6 aromatic rings. The summed E-state index contributed by atoms with van der Waals surface area (Å²) in [4.78, 5) is 25.5. The molecule has 0 fully saturated rings. The zero-order valence-corrected chi connectivity index (χ0v) is 21.3. The van der Waals surface area contributed by atoms with Crippen LogP contribution in [0.3, 0.4) is 0 Å². The van der Waals surface area contributed by atoms with Crippen molar-refractivity contribution in [2.75, 3.05) is 10.6 Å². The molecule has 0 unspecified atom stereocenters. The molecule has 6 rings (SSSR count). The van der Waals surface area contributed by atoms with E-state index in [0.29, 0.717) is 22.8 Å². The predicted octanol–water partition coefficient (Wildman–Crippen LogP) is 6.64. The van der Waals surface area contributed by atoms with Gasteiger partial charge in [0.25, 0.3) is 11.8 Å². The van der Waals surface area contributed by atoms with Gasteiger partial charge < -0.3 is 10.6 Å². The summed E-state index contributed by atoms with van der Waals surface area (Å²) < 4.78 is 0. The van der Waals surface area contributed by atoms with Crippen LogP contribution in [0.25, 0.3) is 33.6 Å². The maximum Gasteiger partial charge on any atom is 0.256 e. The Bertz CT molecular complexity index is 1620. The van der Waals surface area contributed by atoms with Gasteiger partial charge in [0.2, 0.25) is 0 Å². The summed E-state index contributed by atoms with van der Waals surface area (Å²) in [7, 11) is 0. The quantitative estimate of drug-likeness (QED) is 0.187. The second-order valence-corrected chi connectivity index (χ2v) is 9.13. The molecule has 0 aliphatic carbocycles. The normalized spacial score (nSPS) is 10.7. The molecule has 0 saturated carbocycles. The highest BCUT2D eigenvalue weighted by atomic mass is 16.2. The van der Waals surface area contributed by atoms with Crippen LogP contribution < -0.4 is 10.6 Å². The standard InChI is InChI=1S/C32H24N6O2/c39-31(33-29-19-27(35-37-29)23-7-3-1-4-8-23)25-15-11-21(12-16-25)22-13-17-26(18-14-22)32(40)34-30-20-28(36-38-30)24-9-5-2-6-10-24/h1-20H,(H2,33,35,37,39)(H2,34,36,38,40). The average molecular weight is 525 g/mol. The van der Waals surface area contributed by atoms with Crippen LogP contribution in [-0.4, -0.2) is 32.2 Å². The third-order valence-corrected chi connectivity index (χ3v) is 6.44. The van der Waals surface area contributed by atoms with Gasteiger partial charge in [-0.25, -0.2) is 0 Å². The van der Waals surface area contributed by atoms with Gasteiger partial charge in [-0.15, -0.1) is 0 Å². The fraction of sp³-hybridized carbons (Fsp3) is 0. The van der Waals surface area contributed by atoms with Crippen LogP contribution in [0.5, 0.6) is 0 Å². The van der Waals surface area contributed by atoms with Crippen molar-refractivity contribution in [3.63, 3.8) is 0 Å². The summed E-state index contributed by atoms with van der Waals surface area (Å²) in [5.74, 6) is 0.401. The molecule has 0 saturated heterocycles. The van der Waals surface area contributed by atoms with Crippen molar-refractivity contribution in [1.29, 1.82) is 0 Å². The molecule has 0 bridgehead atoms. The fourth-order valence-corrected chi connectivity index (χ4v) is 4.31. The van der Waals surface area contributed by atoms with Gasteiger partial charge >= 0.3 is 0 Å². The molecule has 0 aliphatic heterocycles. The first kappa shape index (κ1) is 24.6. The molecule has 194 valence electrons. The lowest BCUT2D eigenvalue weighted by atomic mass is 10.0. The van der Waals surface area contributed by atoms with Gasteiger partial charge in [-0.1, -0.05) is 84.9 Å². The third kappa shape index (κ3) is 5.41. The SMILES string of the molecule is O=C(Nc1cc(-c2ccccc2)[nH]n1)c1ccc(-c2ccc(C(=O)Nc3cc(-c4ccccc4)[nH]n3)cc2)cc1. The Balaban J connectivity index is 1.08. The molecule has 0 aliphatic rings. The third-order valence-electron chi connectivity index (χ3n) is 6.44. The molecular weight excluding hydrogens is 500 g/mol. The average Bonchev–Trinajstić information content (AvgIpc) is 3.68. The van der Waals surface area contributed by atoms with Gasteiger partial charge in [-0.2, -0.15) is 10.2 Å². The zero-order chi connectivity index (χ0) is 27.3. The van der Waals surface area contributed by atoms with E-state index in [9.17, 15) is 9.59 Å². The minimum Gasteiger partial charge on any atom is -0.305 e. The minimum absolute atomic E-state index is 0.251. The number of hydrogen-bond donors (Lipinski definition) is 4. The second kappa shape index (κ2) is 10.9. The van der Waals surface area contributed by atoms with Crippen LogP contribution in [-0.2, 0) is 0 Å². The number of aromatic amines is 2. The van der Waals surface area contributed by atoms with E-state index in [1.54, 1.807) is 36.4 Å². The van der Waals surface area contributed by atoms with Crippen molar-refractivity contribution in [3.8, 4) is 33.6 Å². The van der Waals surface area contributed by atoms with Gasteiger partial charge in [0, 0.05) is 23.3 Å². The number of hydrogen-bond acceptors (Lipinski definition) is 4. The molecule has 2 heterocycles. The van der Waals surface area contributed by atoms with Crippen molar-refractivity contribution < 1.29 is 9.59 Å². The van der Waals surface area contributed by atoms with E-state index in [1.807, 2.05) is 84.9 Å². The van der Waals surface area contributed by atoms with Crippen LogP contribution in [0.2, 0.25) is 0 Å². The topological polar surface area (TPSA) is 116 Å². The first-order valence-corrected chi connectivity index (χ1v) is 12.7. The Morgan fingerprint density at radius 2 is 0.850 bits per heavy atom. The number of benzene rings is 4. The number of amides is 2. The van der Waals surface area contributed by atoms with E-state index < -0.39 is 0 Å². The zero-order valence-electron chi connectivity index (χ0n) is 21.3. The number of nitrogens with zero attached hydrogens (tertiary/aromatic N) is 2. The Hall–Kier alpha value is -5.76. The van der Waals surface area contributed by atoms with Gasteiger partial charge in [0.05, 0.1) is 11.4 Å². The van der Waals surface area contributed by atoms with E-state index in [-0.39, 0.29) is 11.8 Å². The van der Waals surface area contributed by atoms with E-state index in [4.69, 9.17) is 0 Å². The lowest BCUT2D eigenvalue weighted by Gasteiger charge is -2.06. The van der Waals surface area contributed by atoms with Crippen molar-refractivity contribution in [2.45, 2.75) is 0 Å². The summed E-state index contributed by atoms with van der Waals surface area (Å²) in [6.45, 7) is 0. The molecule has 0 atom stereocenters. The van der Waals surface area contributed by atoms with Crippen LogP contribution in [0.15, 0.2) is 121 Å². The van der Waals surface area contributed by atoms with Gasteiger partial charge in [-0.3, -0.25) is 19.8 Å². The highest BCUT2D eigenvalue weighted by Gasteiger charge is 2.12. The summed E-state index contributed by atoms with van der Waals surface area (Å²) in [6.07, 6.45) is 0. The highest BCUT2D eigenvalue weighted by Crippen LogP contribution is 2.23. The molecule has 0 spiro atoms. The number of carbonyl (C=O) groups excluding carboxylic acids is 2. The minimum atomic E-state index is -0.251. The number of rotatable bonds is 7. The van der Waals surface area contributed by atoms with Crippen LogP contribution in [0.4, 0.5) is 11.6 Å². The lowest BCUT2D eigenvalue weighted by molar-refractivity contribution is 0.101. The number of anilines is 2. The smallest absolute Gasteiger partial charge is 0.256 e. The van der Waals surface area contributed by atoms with Gasteiger partial charge in [0.1, 0.15) is 0 Å².